The van der Waals surface area contributed by atoms with Crippen molar-refractivity contribution in [3.05, 3.63) is 67.0 Å². The molecule has 0 bridgehead atoms. The van der Waals surface area contributed by atoms with Crippen LogP contribution in [0.1, 0.15) is 6.92 Å². The molecule has 1 amide bonds. The molecule has 0 spiro atoms. The highest BCUT2D eigenvalue weighted by Crippen LogP contribution is 2.18. The van der Waals surface area contributed by atoms with Gasteiger partial charge in [0, 0.05) is 11.8 Å². The van der Waals surface area contributed by atoms with E-state index in [2.05, 4.69) is 11.9 Å². The summed E-state index contributed by atoms with van der Waals surface area (Å²) in [5, 5.41) is 2.75. The maximum Gasteiger partial charge on any atom is 0.265 e. The van der Waals surface area contributed by atoms with E-state index >= 15 is 0 Å². The van der Waals surface area contributed by atoms with Gasteiger partial charge >= 0.3 is 0 Å². The normalized spacial score (nSPS) is 11.4. The Morgan fingerprint density at radius 1 is 1.26 bits per heavy atom. The number of carbonyl (C=O) groups is 1. The minimum atomic E-state index is -0.724. The molecule has 2 rings (SSSR count). The smallest absolute Gasteiger partial charge is 0.265 e. The van der Waals surface area contributed by atoms with E-state index in [0.717, 1.165) is 0 Å². The van der Waals surface area contributed by atoms with Gasteiger partial charge < -0.3 is 14.8 Å². The molecule has 0 saturated heterocycles. The van der Waals surface area contributed by atoms with Crippen molar-refractivity contribution in [1.82, 2.24) is 0 Å². The van der Waals surface area contributed by atoms with Gasteiger partial charge in [-0.05, 0) is 43.3 Å². The Hall–Kier alpha value is -2.82. The molecule has 0 aliphatic rings. The van der Waals surface area contributed by atoms with E-state index in [4.69, 9.17) is 9.47 Å². The second kappa shape index (κ2) is 7.98. The highest BCUT2D eigenvalue weighted by Gasteiger charge is 2.15. The van der Waals surface area contributed by atoms with Crippen LogP contribution in [0.5, 0.6) is 11.5 Å². The van der Waals surface area contributed by atoms with E-state index in [9.17, 15) is 9.18 Å². The molecule has 23 heavy (non-hydrogen) atoms. The average Bonchev–Trinajstić information content (AvgIpc) is 2.55. The van der Waals surface area contributed by atoms with Gasteiger partial charge in [-0.1, -0.05) is 18.7 Å². The van der Waals surface area contributed by atoms with Crippen LogP contribution in [0.3, 0.4) is 0 Å². The molecule has 0 heterocycles. The predicted molar refractivity (Wildman–Crippen MR) is 87.3 cm³/mol. The van der Waals surface area contributed by atoms with Crippen LogP contribution in [0.4, 0.5) is 10.1 Å². The number of ether oxygens (including phenoxy) is 2. The SMILES string of the molecule is C=CCOc1cccc(NC(=O)C(C)Oc2ccc(F)cc2)c1. The summed E-state index contributed by atoms with van der Waals surface area (Å²) in [5.41, 5.74) is 0.603. The molecule has 0 fully saturated rings. The number of benzene rings is 2. The quantitative estimate of drug-likeness (QED) is 0.791. The first-order valence-corrected chi connectivity index (χ1v) is 7.15. The fourth-order valence-corrected chi connectivity index (χ4v) is 1.83. The number of anilines is 1. The van der Waals surface area contributed by atoms with Gasteiger partial charge in [-0.3, -0.25) is 4.79 Å². The van der Waals surface area contributed by atoms with Crippen molar-refractivity contribution in [3.8, 4) is 11.5 Å². The summed E-state index contributed by atoms with van der Waals surface area (Å²) in [4.78, 5) is 12.1. The monoisotopic (exact) mass is 315 g/mol. The molecule has 4 nitrogen and oxygen atoms in total. The molecule has 1 atom stereocenters. The number of hydrogen-bond donors (Lipinski definition) is 1. The van der Waals surface area contributed by atoms with Crippen LogP contribution in [0.15, 0.2) is 61.2 Å². The number of hydrogen-bond acceptors (Lipinski definition) is 3. The lowest BCUT2D eigenvalue weighted by atomic mass is 10.2. The van der Waals surface area contributed by atoms with Crippen LogP contribution in [0, 0.1) is 5.82 Å². The summed E-state index contributed by atoms with van der Waals surface area (Å²) in [5.74, 6) is 0.396. The van der Waals surface area contributed by atoms with Crippen molar-refractivity contribution in [2.45, 2.75) is 13.0 Å². The maximum absolute atomic E-state index is 12.8. The Morgan fingerprint density at radius 2 is 2.00 bits per heavy atom. The number of rotatable bonds is 7. The van der Waals surface area contributed by atoms with E-state index < -0.39 is 6.10 Å². The number of carbonyl (C=O) groups excluding carboxylic acids is 1. The lowest BCUT2D eigenvalue weighted by Gasteiger charge is -2.15. The molecule has 1 unspecified atom stereocenters. The zero-order chi connectivity index (χ0) is 16.7. The van der Waals surface area contributed by atoms with Crippen LogP contribution in [0.2, 0.25) is 0 Å². The van der Waals surface area contributed by atoms with Crippen LogP contribution in [-0.2, 0) is 4.79 Å². The van der Waals surface area contributed by atoms with Crippen molar-refractivity contribution in [2.24, 2.45) is 0 Å². The minimum Gasteiger partial charge on any atom is -0.489 e. The lowest BCUT2D eigenvalue weighted by Crippen LogP contribution is -2.30. The highest BCUT2D eigenvalue weighted by molar-refractivity contribution is 5.94. The van der Waals surface area contributed by atoms with Gasteiger partial charge in [0.05, 0.1) is 0 Å². The van der Waals surface area contributed by atoms with Crippen LogP contribution < -0.4 is 14.8 Å². The third kappa shape index (κ3) is 5.14. The zero-order valence-electron chi connectivity index (χ0n) is 12.8. The Kier molecular flexibility index (Phi) is 5.74. The molecule has 5 heteroatoms. The molecular formula is C18H18FNO3. The van der Waals surface area contributed by atoms with E-state index in [1.807, 2.05) is 0 Å². The van der Waals surface area contributed by atoms with Crippen molar-refractivity contribution in [2.75, 3.05) is 11.9 Å². The van der Waals surface area contributed by atoms with Crippen molar-refractivity contribution < 1.29 is 18.7 Å². The fourth-order valence-electron chi connectivity index (χ4n) is 1.83. The van der Waals surface area contributed by atoms with Gasteiger partial charge in [-0.25, -0.2) is 4.39 Å². The molecule has 0 aliphatic carbocycles. The van der Waals surface area contributed by atoms with Crippen LogP contribution >= 0.6 is 0 Å². The number of nitrogens with one attached hydrogen (secondary N) is 1. The Labute approximate surface area is 134 Å². The molecule has 0 radical (unpaired) electrons. The standard InChI is InChI=1S/C18H18FNO3/c1-3-11-22-17-6-4-5-15(12-17)20-18(21)13(2)23-16-9-7-14(19)8-10-16/h3-10,12-13H,1,11H2,2H3,(H,20,21). The van der Waals surface area contributed by atoms with E-state index in [1.54, 1.807) is 37.3 Å². The number of halogens is 1. The van der Waals surface area contributed by atoms with E-state index in [-0.39, 0.29) is 11.7 Å². The summed E-state index contributed by atoms with van der Waals surface area (Å²) >= 11 is 0. The first-order valence-electron chi connectivity index (χ1n) is 7.15. The first-order chi connectivity index (χ1) is 11.1. The summed E-state index contributed by atoms with van der Waals surface area (Å²) in [7, 11) is 0. The molecule has 0 saturated carbocycles. The van der Waals surface area contributed by atoms with Crippen LogP contribution in [-0.4, -0.2) is 18.6 Å². The summed E-state index contributed by atoms with van der Waals surface area (Å²) in [6, 6.07) is 12.5. The molecule has 0 aliphatic heterocycles. The Morgan fingerprint density at radius 3 is 2.70 bits per heavy atom. The molecule has 120 valence electrons. The summed E-state index contributed by atoms with van der Waals surface area (Å²) in [6.07, 6.45) is 0.919. The zero-order valence-corrected chi connectivity index (χ0v) is 12.8. The van der Waals surface area contributed by atoms with Gasteiger partial charge in [0.25, 0.3) is 5.91 Å². The minimum absolute atomic E-state index is 0.310. The molecule has 0 aromatic heterocycles. The lowest BCUT2D eigenvalue weighted by molar-refractivity contribution is -0.122. The van der Waals surface area contributed by atoms with E-state index in [1.165, 1.54) is 24.3 Å². The third-order valence-corrected chi connectivity index (χ3v) is 2.97. The second-order valence-corrected chi connectivity index (χ2v) is 4.83. The Bertz CT molecular complexity index is 670. The van der Waals surface area contributed by atoms with Gasteiger partial charge in [0.1, 0.15) is 23.9 Å². The summed E-state index contributed by atoms with van der Waals surface area (Å²) in [6.45, 7) is 5.59. The van der Waals surface area contributed by atoms with Crippen LogP contribution in [0.25, 0.3) is 0 Å². The average molecular weight is 315 g/mol. The molecule has 1 N–H and O–H groups in total. The second-order valence-electron chi connectivity index (χ2n) is 4.83. The Balaban J connectivity index is 1.95. The largest absolute Gasteiger partial charge is 0.489 e. The molecule has 2 aromatic rings. The third-order valence-electron chi connectivity index (χ3n) is 2.97. The van der Waals surface area contributed by atoms with Gasteiger partial charge in [0.15, 0.2) is 6.10 Å². The van der Waals surface area contributed by atoms with Gasteiger partial charge in [-0.15, -0.1) is 0 Å². The first kappa shape index (κ1) is 16.5. The molecular weight excluding hydrogens is 297 g/mol. The highest BCUT2D eigenvalue weighted by atomic mass is 19.1. The maximum atomic E-state index is 12.8. The molecule has 2 aromatic carbocycles. The number of amides is 1. The summed E-state index contributed by atoms with van der Waals surface area (Å²) < 4.78 is 23.7. The van der Waals surface area contributed by atoms with Crippen molar-refractivity contribution in [1.29, 1.82) is 0 Å². The van der Waals surface area contributed by atoms with Gasteiger partial charge in [-0.2, -0.15) is 0 Å². The van der Waals surface area contributed by atoms with Gasteiger partial charge in [0.2, 0.25) is 0 Å². The predicted octanol–water partition coefficient (Wildman–Crippen LogP) is 3.80. The van der Waals surface area contributed by atoms with E-state index in [0.29, 0.717) is 23.8 Å². The van der Waals surface area contributed by atoms with Crippen molar-refractivity contribution in [3.63, 3.8) is 0 Å². The van der Waals surface area contributed by atoms with Crippen molar-refractivity contribution >= 4 is 11.6 Å². The topological polar surface area (TPSA) is 47.6 Å². The fraction of sp³-hybridized carbons (Fsp3) is 0.167.